The van der Waals surface area contributed by atoms with E-state index in [1.165, 1.54) is 6.07 Å². The number of nitrogens with zero attached hydrogens (tertiary/aromatic N) is 2. The van der Waals surface area contributed by atoms with Gasteiger partial charge in [-0.1, -0.05) is 0 Å². The summed E-state index contributed by atoms with van der Waals surface area (Å²) >= 11 is 0. The van der Waals surface area contributed by atoms with Gasteiger partial charge in [-0.15, -0.1) is 0 Å². The second kappa shape index (κ2) is 3.65. The van der Waals surface area contributed by atoms with Gasteiger partial charge in [0.2, 0.25) is 5.95 Å². The van der Waals surface area contributed by atoms with Crippen LogP contribution in [0.25, 0.3) is 11.3 Å². The smallest absolute Gasteiger partial charge is 0.352 e. The average molecular weight is 218 g/mol. The van der Waals surface area contributed by atoms with Crippen molar-refractivity contribution >= 4 is 11.9 Å². The molecule has 2 rings (SSSR count). The topological polar surface area (TPSA) is 105 Å². The highest BCUT2D eigenvalue weighted by Crippen LogP contribution is 2.21. The Bertz CT molecular complexity index is 548. The first-order chi connectivity index (χ1) is 7.58. The second-order valence-corrected chi connectivity index (χ2v) is 3.37. The summed E-state index contributed by atoms with van der Waals surface area (Å²) < 4.78 is 0. The Kier molecular flexibility index (Phi) is 2.32. The highest BCUT2D eigenvalue weighted by Gasteiger charge is 2.10. The zero-order valence-corrected chi connectivity index (χ0v) is 8.56. The van der Waals surface area contributed by atoms with Crippen LogP contribution < -0.4 is 5.73 Å². The molecule has 0 aliphatic heterocycles. The molecule has 0 amide bonds. The first kappa shape index (κ1) is 10.2. The molecule has 2 aromatic heterocycles. The third kappa shape index (κ3) is 1.72. The molecular weight excluding hydrogens is 208 g/mol. The Labute approximate surface area is 91.2 Å². The van der Waals surface area contributed by atoms with Gasteiger partial charge >= 0.3 is 5.97 Å². The van der Waals surface area contributed by atoms with E-state index in [2.05, 4.69) is 15.0 Å². The maximum Gasteiger partial charge on any atom is 0.352 e. The predicted molar refractivity (Wildman–Crippen MR) is 57.9 cm³/mol. The minimum atomic E-state index is -1.01. The molecule has 4 N–H and O–H groups in total. The van der Waals surface area contributed by atoms with Crippen molar-refractivity contribution in [3.8, 4) is 11.3 Å². The maximum absolute atomic E-state index is 10.7. The van der Waals surface area contributed by atoms with Gasteiger partial charge in [0.15, 0.2) is 0 Å². The van der Waals surface area contributed by atoms with Crippen LogP contribution in [0, 0.1) is 6.92 Å². The van der Waals surface area contributed by atoms with Gasteiger partial charge in [-0.3, -0.25) is 0 Å². The van der Waals surface area contributed by atoms with E-state index in [1.54, 1.807) is 12.4 Å². The van der Waals surface area contributed by atoms with Crippen molar-refractivity contribution in [2.45, 2.75) is 6.92 Å². The van der Waals surface area contributed by atoms with E-state index in [4.69, 9.17) is 10.8 Å². The summed E-state index contributed by atoms with van der Waals surface area (Å²) in [7, 11) is 0. The molecule has 16 heavy (non-hydrogen) atoms. The van der Waals surface area contributed by atoms with Crippen molar-refractivity contribution in [3.05, 3.63) is 29.7 Å². The summed E-state index contributed by atoms with van der Waals surface area (Å²) in [6.07, 6.45) is 3.18. The van der Waals surface area contributed by atoms with Crippen LogP contribution in [-0.2, 0) is 0 Å². The Morgan fingerprint density at radius 1 is 1.56 bits per heavy atom. The number of anilines is 1. The van der Waals surface area contributed by atoms with Gasteiger partial charge in [0.1, 0.15) is 5.69 Å². The van der Waals surface area contributed by atoms with Crippen LogP contribution in [0.3, 0.4) is 0 Å². The molecular formula is C10H10N4O2. The van der Waals surface area contributed by atoms with Gasteiger partial charge < -0.3 is 15.8 Å². The van der Waals surface area contributed by atoms with E-state index >= 15 is 0 Å². The van der Waals surface area contributed by atoms with E-state index in [0.717, 1.165) is 5.56 Å². The summed E-state index contributed by atoms with van der Waals surface area (Å²) in [5, 5.41) is 8.78. The molecule has 0 aliphatic carbocycles. The number of carboxylic acid groups (broad SMARTS) is 1. The first-order valence-electron chi connectivity index (χ1n) is 4.59. The Balaban J connectivity index is 2.50. The van der Waals surface area contributed by atoms with E-state index < -0.39 is 5.97 Å². The number of rotatable bonds is 2. The number of H-pyrrole nitrogens is 1. The number of aryl methyl sites for hydroxylation is 1. The van der Waals surface area contributed by atoms with Gasteiger partial charge in [-0.05, 0) is 18.6 Å². The molecule has 0 aromatic carbocycles. The minimum Gasteiger partial charge on any atom is -0.477 e. The third-order valence-corrected chi connectivity index (χ3v) is 2.18. The predicted octanol–water partition coefficient (Wildman–Crippen LogP) is 1.06. The maximum atomic E-state index is 10.7. The van der Waals surface area contributed by atoms with Crippen molar-refractivity contribution < 1.29 is 9.90 Å². The Morgan fingerprint density at radius 3 is 2.94 bits per heavy atom. The molecule has 0 bridgehead atoms. The molecule has 0 aliphatic rings. The summed E-state index contributed by atoms with van der Waals surface area (Å²) in [6.45, 7) is 1.84. The van der Waals surface area contributed by atoms with Crippen LogP contribution >= 0.6 is 0 Å². The van der Waals surface area contributed by atoms with Crippen molar-refractivity contribution in [2.24, 2.45) is 0 Å². The fourth-order valence-electron chi connectivity index (χ4n) is 1.40. The minimum absolute atomic E-state index is 0.117. The third-order valence-electron chi connectivity index (χ3n) is 2.18. The summed E-state index contributed by atoms with van der Waals surface area (Å²) in [4.78, 5) is 21.3. The zero-order chi connectivity index (χ0) is 11.7. The Morgan fingerprint density at radius 2 is 2.31 bits per heavy atom. The summed E-state index contributed by atoms with van der Waals surface area (Å²) in [5.74, 6) is -0.843. The standard InChI is InChI=1S/C10H10N4O2/c1-5-3-13-10(11)14-8(5)6-2-7(9(15)16)12-4-6/h2-4,12H,1H3,(H,15,16)(H2,11,13,14). The first-order valence-corrected chi connectivity index (χ1v) is 4.59. The molecule has 2 heterocycles. The number of nitrogens with one attached hydrogen (secondary N) is 1. The quantitative estimate of drug-likeness (QED) is 0.699. The van der Waals surface area contributed by atoms with Crippen LogP contribution in [0.2, 0.25) is 0 Å². The molecule has 6 nitrogen and oxygen atoms in total. The molecule has 0 saturated heterocycles. The van der Waals surface area contributed by atoms with Crippen LogP contribution in [-0.4, -0.2) is 26.0 Å². The van der Waals surface area contributed by atoms with Gasteiger partial charge in [-0.2, -0.15) is 0 Å². The van der Waals surface area contributed by atoms with E-state index in [1.807, 2.05) is 6.92 Å². The van der Waals surface area contributed by atoms with Gasteiger partial charge in [0, 0.05) is 18.0 Å². The number of aromatic amines is 1. The monoisotopic (exact) mass is 218 g/mol. The molecule has 0 radical (unpaired) electrons. The number of nitrogen functional groups attached to an aromatic ring is 1. The fraction of sp³-hybridized carbons (Fsp3) is 0.100. The fourth-order valence-corrected chi connectivity index (χ4v) is 1.40. The highest BCUT2D eigenvalue weighted by molar-refractivity contribution is 5.87. The molecule has 82 valence electrons. The van der Waals surface area contributed by atoms with Gasteiger partial charge in [0.05, 0.1) is 5.69 Å². The van der Waals surface area contributed by atoms with Crippen molar-refractivity contribution in [1.29, 1.82) is 0 Å². The lowest BCUT2D eigenvalue weighted by atomic mass is 10.1. The van der Waals surface area contributed by atoms with Gasteiger partial charge in [-0.25, -0.2) is 14.8 Å². The largest absolute Gasteiger partial charge is 0.477 e. The number of aromatic nitrogens is 3. The number of hydrogen-bond donors (Lipinski definition) is 3. The molecule has 2 aromatic rings. The second-order valence-electron chi connectivity index (χ2n) is 3.37. The summed E-state index contributed by atoms with van der Waals surface area (Å²) in [5.41, 5.74) is 7.76. The van der Waals surface area contributed by atoms with E-state index in [0.29, 0.717) is 11.3 Å². The average Bonchev–Trinajstić information content (AvgIpc) is 2.70. The molecule has 0 atom stereocenters. The van der Waals surface area contributed by atoms with Crippen LogP contribution in [0.5, 0.6) is 0 Å². The lowest BCUT2D eigenvalue weighted by Crippen LogP contribution is -1.97. The number of nitrogens with two attached hydrogens (primary N) is 1. The van der Waals surface area contributed by atoms with E-state index in [-0.39, 0.29) is 11.6 Å². The lowest BCUT2D eigenvalue weighted by molar-refractivity contribution is 0.0691. The van der Waals surface area contributed by atoms with Crippen LogP contribution in [0.15, 0.2) is 18.5 Å². The normalized spacial score (nSPS) is 10.3. The lowest BCUT2D eigenvalue weighted by Gasteiger charge is -2.01. The SMILES string of the molecule is Cc1cnc(N)nc1-c1c[nH]c(C(=O)O)c1. The molecule has 0 unspecified atom stereocenters. The van der Waals surface area contributed by atoms with Crippen molar-refractivity contribution in [1.82, 2.24) is 15.0 Å². The molecule has 0 fully saturated rings. The van der Waals surface area contributed by atoms with Gasteiger partial charge in [0.25, 0.3) is 0 Å². The molecule has 0 saturated carbocycles. The van der Waals surface area contributed by atoms with E-state index in [9.17, 15) is 4.79 Å². The Hall–Kier alpha value is -2.37. The van der Waals surface area contributed by atoms with Crippen LogP contribution in [0.4, 0.5) is 5.95 Å². The number of carbonyl (C=O) groups is 1. The summed E-state index contributed by atoms with van der Waals surface area (Å²) in [6, 6.07) is 1.51. The zero-order valence-electron chi connectivity index (χ0n) is 8.56. The molecule has 6 heteroatoms. The number of hydrogen-bond acceptors (Lipinski definition) is 4. The highest BCUT2D eigenvalue weighted by atomic mass is 16.4. The van der Waals surface area contributed by atoms with Crippen molar-refractivity contribution in [3.63, 3.8) is 0 Å². The number of aromatic carboxylic acids is 1. The van der Waals surface area contributed by atoms with Crippen molar-refractivity contribution in [2.75, 3.05) is 5.73 Å². The number of carboxylic acids is 1. The van der Waals surface area contributed by atoms with Crippen LogP contribution in [0.1, 0.15) is 16.1 Å². The molecule has 0 spiro atoms.